The first-order chi connectivity index (χ1) is 7.09. The molecule has 0 N–H and O–H groups in total. The topological polar surface area (TPSA) is 0 Å². The van der Waals surface area contributed by atoms with E-state index in [1.807, 2.05) is 0 Å². The summed E-state index contributed by atoms with van der Waals surface area (Å²) in [6, 6.07) is 0. The van der Waals surface area contributed by atoms with Gasteiger partial charge in [-0.05, 0) is 36.3 Å². The molecule has 0 aliphatic heterocycles. The Balaban J connectivity index is 2.22. The molecule has 1 heteroatoms. The van der Waals surface area contributed by atoms with Crippen LogP contribution in [0.15, 0.2) is 0 Å². The van der Waals surface area contributed by atoms with E-state index in [-0.39, 0.29) is 0 Å². The van der Waals surface area contributed by atoms with Crippen LogP contribution in [0.3, 0.4) is 0 Å². The van der Waals surface area contributed by atoms with Crippen LogP contribution in [0.1, 0.15) is 66.2 Å². The van der Waals surface area contributed by atoms with Crippen molar-refractivity contribution in [2.45, 2.75) is 76.7 Å². The second-order valence-electron chi connectivity index (χ2n) is 5.74. The molecule has 1 fully saturated rings. The molecule has 0 amide bonds. The highest BCUT2D eigenvalue weighted by molar-refractivity contribution is 8.00. The van der Waals surface area contributed by atoms with E-state index in [9.17, 15) is 0 Å². The second-order valence-corrected chi connectivity index (χ2v) is 7.56. The highest BCUT2D eigenvalue weighted by Crippen LogP contribution is 2.39. The van der Waals surface area contributed by atoms with Gasteiger partial charge >= 0.3 is 0 Å². The van der Waals surface area contributed by atoms with E-state index < -0.39 is 0 Å². The molecule has 90 valence electrons. The van der Waals surface area contributed by atoms with Crippen LogP contribution in [0.5, 0.6) is 0 Å². The van der Waals surface area contributed by atoms with Crippen LogP contribution in [0.2, 0.25) is 0 Å². The van der Waals surface area contributed by atoms with Crippen LogP contribution >= 0.6 is 11.8 Å². The second kappa shape index (κ2) is 6.83. The minimum atomic E-state index is 0.814. The Kier molecular flexibility index (Phi) is 6.11. The Morgan fingerprint density at radius 3 is 2.13 bits per heavy atom. The van der Waals surface area contributed by atoms with Crippen LogP contribution in [0.4, 0.5) is 0 Å². The molecule has 0 nitrogen and oxygen atoms in total. The summed E-state index contributed by atoms with van der Waals surface area (Å²) in [6.45, 7) is 9.37. The lowest BCUT2D eigenvalue weighted by Gasteiger charge is -2.34. The predicted octanol–water partition coefficient (Wildman–Crippen LogP) is 5.12. The molecule has 0 aromatic rings. The summed E-state index contributed by atoms with van der Waals surface area (Å²) in [4.78, 5) is 0. The molecule has 0 bridgehead atoms. The van der Waals surface area contributed by atoms with Gasteiger partial charge in [-0.25, -0.2) is 0 Å². The van der Waals surface area contributed by atoms with E-state index in [1.165, 1.54) is 38.5 Å². The van der Waals surface area contributed by atoms with Crippen molar-refractivity contribution in [2.75, 3.05) is 0 Å². The van der Waals surface area contributed by atoms with Gasteiger partial charge in [0.1, 0.15) is 0 Å². The Hall–Kier alpha value is 0.350. The fourth-order valence-electron chi connectivity index (χ4n) is 2.30. The lowest BCUT2D eigenvalue weighted by molar-refractivity contribution is 0.293. The Morgan fingerprint density at radius 2 is 1.73 bits per heavy atom. The predicted molar refractivity (Wildman–Crippen MR) is 72.5 cm³/mol. The summed E-state index contributed by atoms with van der Waals surface area (Å²) < 4.78 is 0. The van der Waals surface area contributed by atoms with Gasteiger partial charge in [0, 0.05) is 5.25 Å². The van der Waals surface area contributed by atoms with Crippen molar-refractivity contribution in [1.29, 1.82) is 0 Å². The molecule has 1 atom stereocenters. The van der Waals surface area contributed by atoms with Crippen LogP contribution in [-0.2, 0) is 0 Å². The summed E-state index contributed by atoms with van der Waals surface area (Å²) >= 11 is 2.24. The molecular formula is C14H28S. The van der Waals surface area contributed by atoms with Crippen molar-refractivity contribution in [1.82, 2.24) is 0 Å². The first-order valence-electron chi connectivity index (χ1n) is 6.75. The van der Waals surface area contributed by atoms with Gasteiger partial charge in [-0.15, -0.1) is 0 Å². The van der Waals surface area contributed by atoms with E-state index in [2.05, 4.69) is 39.5 Å². The zero-order valence-electron chi connectivity index (χ0n) is 11.0. The Bertz CT molecular complexity index is 159. The Morgan fingerprint density at radius 1 is 1.07 bits per heavy atom. The van der Waals surface area contributed by atoms with Crippen LogP contribution < -0.4 is 0 Å². The smallest absolute Gasteiger partial charge is 0.00779 e. The zero-order chi connectivity index (χ0) is 11.3. The third-order valence-corrected chi connectivity index (χ3v) is 4.91. The summed E-state index contributed by atoms with van der Waals surface area (Å²) in [5, 5.41) is 1.78. The van der Waals surface area contributed by atoms with Crippen molar-refractivity contribution >= 4 is 11.8 Å². The summed E-state index contributed by atoms with van der Waals surface area (Å²) in [7, 11) is 0. The molecule has 0 spiro atoms. The molecule has 0 radical (unpaired) electrons. The fraction of sp³-hybridized carbons (Fsp3) is 1.00. The maximum atomic E-state index is 2.35. The summed E-state index contributed by atoms with van der Waals surface area (Å²) in [5.74, 6) is 1.95. The zero-order valence-corrected chi connectivity index (χ0v) is 11.8. The number of thioether (sulfide) groups is 1. The molecule has 0 aromatic carbocycles. The van der Waals surface area contributed by atoms with Crippen molar-refractivity contribution in [2.24, 2.45) is 11.8 Å². The first-order valence-corrected chi connectivity index (χ1v) is 7.69. The van der Waals surface area contributed by atoms with Crippen molar-refractivity contribution in [3.8, 4) is 0 Å². The average molecular weight is 228 g/mol. The molecule has 0 unspecified atom stereocenters. The third-order valence-electron chi connectivity index (χ3n) is 3.39. The molecule has 1 aliphatic rings. The molecule has 1 rings (SSSR count). The molecule has 0 saturated heterocycles. The number of rotatable bonds is 7. The fourth-order valence-corrected chi connectivity index (χ4v) is 3.80. The quantitative estimate of drug-likeness (QED) is 0.582. The third kappa shape index (κ3) is 5.29. The van der Waals surface area contributed by atoms with E-state index >= 15 is 0 Å². The van der Waals surface area contributed by atoms with E-state index in [4.69, 9.17) is 0 Å². The highest BCUT2D eigenvalue weighted by Gasteiger charge is 2.27. The largest absolute Gasteiger partial charge is 0.155 e. The molecule has 1 saturated carbocycles. The van der Waals surface area contributed by atoms with Gasteiger partial charge < -0.3 is 0 Å². The molecule has 15 heavy (non-hydrogen) atoms. The van der Waals surface area contributed by atoms with Gasteiger partial charge in [0.05, 0.1) is 0 Å². The minimum absolute atomic E-state index is 0.814. The van der Waals surface area contributed by atoms with Crippen LogP contribution in [0, 0.1) is 11.8 Å². The molecule has 1 aliphatic carbocycles. The van der Waals surface area contributed by atoms with Gasteiger partial charge in [0.15, 0.2) is 0 Å². The Labute approximate surface area is 101 Å². The maximum Gasteiger partial charge on any atom is 0.00779 e. The van der Waals surface area contributed by atoms with Gasteiger partial charge in [-0.3, -0.25) is 0 Å². The van der Waals surface area contributed by atoms with Gasteiger partial charge in [0.2, 0.25) is 0 Å². The van der Waals surface area contributed by atoms with Crippen molar-refractivity contribution < 1.29 is 0 Å². The van der Waals surface area contributed by atoms with E-state index in [0.29, 0.717) is 0 Å². The van der Waals surface area contributed by atoms with Gasteiger partial charge in [0.25, 0.3) is 0 Å². The molecular weight excluding hydrogens is 200 g/mol. The highest BCUT2D eigenvalue weighted by atomic mass is 32.2. The lowest BCUT2D eigenvalue weighted by atomic mass is 9.81. The van der Waals surface area contributed by atoms with Crippen LogP contribution in [-0.4, -0.2) is 10.5 Å². The molecule has 0 heterocycles. The number of hydrogen-bond acceptors (Lipinski definition) is 1. The summed E-state index contributed by atoms with van der Waals surface area (Å²) in [6.07, 6.45) is 8.83. The molecule has 0 aromatic heterocycles. The average Bonchev–Trinajstić information content (AvgIpc) is 1.98. The van der Waals surface area contributed by atoms with E-state index in [1.54, 1.807) is 0 Å². The standard InChI is InChI=1S/C14H28S/c1-11(2)7-5-10-14(15-12(3)4)13-8-6-9-13/h11-14H,5-10H2,1-4H3/t14-/m0/s1. The lowest BCUT2D eigenvalue weighted by Crippen LogP contribution is -2.25. The minimum Gasteiger partial charge on any atom is -0.155 e. The summed E-state index contributed by atoms with van der Waals surface area (Å²) in [5.41, 5.74) is 0. The number of hydrogen-bond donors (Lipinski definition) is 0. The first kappa shape index (κ1) is 13.4. The van der Waals surface area contributed by atoms with E-state index in [0.717, 1.165) is 22.3 Å². The van der Waals surface area contributed by atoms with Crippen LogP contribution in [0.25, 0.3) is 0 Å². The van der Waals surface area contributed by atoms with Gasteiger partial charge in [-0.1, -0.05) is 47.0 Å². The monoisotopic (exact) mass is 228 g/mol. The van der Waals surface area contributed by atoms with Gasteiger partial charge in [-0.2, -0.15) is 11.8 Å². The van der Waals surface area contributed by atoms with Crippen molar-refractivity contribution in [3.63, 3.8) is 0 Å². The van der Waals surface area contributed by atoms with Crippen molar-refractivity contribution in [3.05, 3.63) is 0 Å². The maximum absolute atomic E-state index is 2.35. The normalized spacial score (nSPS) is 19.6. The SMILES string of the molecule is CC(C)CCC[C@H](SC(C)C)C1CCC1.